The van der Waals surface area contributed by atoms with Gasteiger partial charge in [-0.3, -0.25) is 9.36 Å². The number of carboxylic acids is 1. The summed E-state index contributed by atoms with van der Waals surface area (Å²) in [6, 6.07) is 3.82. The fourth-order valence-corrected chi connectivity index (χ4v) is 4.25. The molecule has 2 aliphatic rings. The SMILES string of the molecule is O=C(O)c1cn(-c2ccc(F)cc2F)c2nc(N3C[C@@H](CNC4CC4)[C@H](F)C3)c(F)cc2c1=O. The number of benzene rings is 1. The van der Waals surface area contributed by atoms with Gasteiger partial charge in [-0.05, 0) is 31.0 Å². The van der Waals surface area contributed by atoms with Gasteiger partial charge < -0.3 is 15.3 Å². The number of alkyl halides is 1. The Morgan fingerprint density at radius 2 is 1.91 bits per heavy atom. The molecule has 1 aromatic carbocycles. The van der Waals surface area contributed by atoms with Crippen LogP contribution in [0, 0.1) is 23.4 Å². The maximum atomic E-state index is 15.1. The lowest BCUT2D eigenvalue weighted by Gasteiger charge is -2.20. The van der Waals surface area contributed by atoms with E-state index in [2.05, 4.69) is 10.3 Å². The summed E-state index contributed by atoms with van der Waals surface area (Å²) in [5.41, 5.74) is -2.25. The molecule has 2 N–H and O–H groups in total. The van der Waals surface area contributed by atoms with Crippen LogP contribution < -0.4 is 15.6 Å². The molecule has 34 heavy (non-hydrogen) atoms. The molecule has 0 unspecified atom stereocenters. The third-order valence-electron chi connectivity index (χ3n) is 6.22. The highest BCUT2D eigenvalue weighted by Crippen LogP contribution is 2.30. The molecule has 7 nitrogen and oxygen atoms in total. The number of nitrogens with zero attached hydrogens (tertiary/aromatic N) is 3. The van der Waals surface area contributed by atoms with E-state index in [1.54, 1.807) is 0 Å². The Balaban J connectivity index is 1.63. The van der Waals surface area contributed by atoms with Gasteiger partial charge in [0.05, 0.1) is 17.6 Å². The summed E-state index contributed by atoms with van der Waals surface area (Å²) in [5, 5.41) is 12.3. The van der Waals surface area contributed by atoms with Gasteiger partial charge in [-0.25, -0.2) is 27.3 Å². The van der Waals surface area contributed by atoms with Crippen molar-refractivity contribution in [3.05, 3.63) is 63.7 Å². The molecular formula is C23H20F4N4O3. The molecule has 0 amide bonds. The normalized spacial score (nSPS) is 20.3. The zero-order valence-corrected chi connectivity index (χ0v) is 17.8. The van der Waals surface area contributed by atoms with E-state index >= 15 is 4.39 Å². The monoisotopic (exact) mass is 476 g/mol. The Bertz CT molecular complexity index is 1360. The fraction of sp³-hybridized carbons (Fsp3) is 0.348. The number of carboxylic acid groups (broad SMARTS) is 1. The molecule has 5 rings (SSSR count). The van der Waals surface area contributed by atoms with Crippen LogP contribution in [0.25, 0.3) is 16.7 Å². The molecule has 0 spiro atoms. The minimum Gasteiger partial charge on any atom is -0.477 e. The molecule has 178 valence electrons. The molecule has 2 fully saturated rings. The van der Waals surface area contributed by atoms with E-state index in [-0.39, 0.29) is 36.2 Å². The number of carbonyl (C=O) groups is 1. The number of pyridine rings is 2. The van der Waals surface area contributed by atoms with Crippen molar-refractivity contribution in [3.63, 3.8) is 0 Å². The lowest BCUT2D eigenvalue weighted by molar-refractivity contribution is 0.0695. The predicted molar refractivity (Wildman–Crippen MR) is 116 cm³/mol. The van der Waals surface area contributed by atoms with Crippen molar-refractivity contribution >= 4 is 22.8 Å². The van der Waals surface area contributed by atoms with Gasteiger partial charge in [-0.2, -0.15) is 0 Å². The lowest BCUT2D eigenvalue weighted by Crippen LogP contribution is -2.30. The number of aromatic carboxylic acids is 1. The van der Waals surface area contributed by atoms with E-state index in [9.17, 15) is 27.9 Å². The summed E-state index contributed by atoms with van der Waals surface area (Å²) in [7, 11) is 0. The quantitative estimate of drug-likeness (QED) is 0.532. The van der Waals surface area contributed by atoms with Crippen LogP contribution in [0.1, 0.15) is 23.2 Å². The fourth-order valence-electron chi connectivity index (χ4n) is 4.25. The molecular weight excluding hydrogens is 456 g/mol. The van der Waals surface area contributed by atoms with Crippen LogP contribution in [0.2, 0.25) is 0 Å². The largest absolute Gasteiger partial charge is 0.477 e. The highest BCUT2D eigenvalue weighted by atomic mass is 19.1. The summed E-state index contributed by atoms with van der Waals surface area (Å²) in [5.74, 6) is -5.04. The third-order valence-corrected chi connectivity index (χ3v) is 6.22. The Labute approximate surface area is 190 Å². The van der Waals surface area contributed by atoms with Gasteiger partial charge in [-0.1, -0.05) is 0 Å². The molecule has 1 saturated heterocycles. The number of fused-ring (bicyclic) bond motifs is 1. The Morgan fingerprint density at radius 3 is 2.59 bits per heavy atom. The van der Waals surface area contributed by atoms with E-state index in [4.69, 9.17) is 0 Å². The highest BCUT2D eigenvalue weighted by molar-refractivity contribution is 5.92. The van der Waals surface area contributed by atoms with E-state index in [0.29, 0.717) is 18.7 Å². The molecule has 2 aromatic heterocycles. The van der Waals surface area contributed by atoms with Crippen molar-refractivity contribution in [2.24, 2.45) is 5.92 Å². The van der Waals surface area contributed by atoms with Crippen molar-refractivity contribution in [2.75, 3.05) is 24.5 Å². The number of anilines is 1. The first-order chi connectivity index (χ1) is 16.2. The molecule has 11 heteroatoms. The molecule has 1 saturated carbocycles. The van der Waals surface area contributed by atoms with Gasteiger partial charge in [-0.15, -0.1) is 0 Å². The van der Waals surface area contributed by atoms with Crippen molar-refractivity contribution < 1.29 is 27.5 Å². The Morgan fingerprint density at radius 1 is 1.15 bits per heavy atom. The first-order valence-corrected chi connectivity index (χ1v) is 10.8. The zero-order valence-electron chi connectivity index (χ0n) is 17.8. The second kappa shape index (κ2) is 8.39. The first kappa shape index (κ1) is 22.3. The van der Waals surface area contributed by atoms with Crippen LogP contribution in [0.5, 0.6) is 0 Å². The minimum atomic E-state index is -1.60. The van der Waals surface area contributed by atoms with Gasteiger partial charge >= 0.3 is 5.97 Å². The van der Waals surface area contributed by atoms with Gasteiger partial charge in [0.1, 0.15) is 23.4 Å². The van der Waals surface area contributed by atoms with Crippen molar-refractivity contribution in [3.8, 4) is 5.69 Å². The van der Waals surface area contributed by atoms with E-state index in [1.165, 1.54) is 4.90 Å². The molecule has 0 radical (unpaired) electrons. The second-order valence-corrected chi connectivity index (χ2v) is 8.67. The molecule has 2 atom stereocenters. The van der Waals surface area contributed by atoms with Crippen LogP contribution in [0.3, 0.4) is 0 Å². The van der Waals surface area contributed by atoms with Crippen molar-refractivity contribution in [2.45, 2.75) is 25.1 Å². The van der Waals surface area contributed by atoms with Gasteiger partial charge in [0.25, 0.3) is 0 Å². The smallest absolute Gasteiger partial charge is 0.341 e. The standard InChI is InChI=1S/C23H20F4N4O3/c24-12-1-4-19(16(25)5-12)31-9-15(23(33)34)20(32)14-6-17(26)22(29-21(14)31)30-8-11(18(27)10-30)7-28-13-2-3-13/h1,4-6,9,11,13,18,28H,2-3,7-8,10H2,(H,33,34)/t11-,18-/m1/s1. The number of hydrogen-bond donors (Lipinski definition) is 2. The van der Waals surface area contributed by atoms with Gasteiger partial charge in [0.2, 0.25) is 5.43 Å². The number of rotatable bonds is 6. The van der Waals surface area contributed by atoms with E-state index in [1.807, 2.05) is 0 Å². The third kappa shape index (κ3) is 4.00. The zero-order chi connectivity index (χ0) is 24.1. The van der Waals surface area contributed by atoms with Crippen molar-refractivity contribution in [1.82, 2.24) is 14.9 Å². The van der Waals surface area contributed by atoms with Crippen molar-refractivity contribution in [1.29, 1.82) is 0 Å². The molecule has 1 aliphatic carbocycles. The van der Waals surface area contributed by atoms with Crippen LogP contribution in [-0.2, 0) is 0 Å². The molecule has 3 aromatic rings. The molecule has 3 heterocycles. The average Bonchev–Trinajstić information content (AvgIpc) is 3.54. The summed E-state index contributed by atoms with van der Waals surface area (Å²) < 4.78 is 58.7. The van der Waals surface area contributed by atoms with E-state index < -0.39 is 46.0 Å². The first-order valence-electron chi connectivity index (χ1n) is 10.8. The van der Waals surface area contributed by atoms with Crippen LogP contribution in [-0.4, -0.2) is 52.5 Å². The average molecular weight is 476 g/mol. The lowest BCUT2D eigenvalue weighted by atomic mass is 10.1. The number of halogens is 4. The van der Waals surface area contributed by atoms with Crippen LogP contribution in [0.15, 0.2) is 35.3 Å². The highest BCUT2D eigenvalue weighted by Gasteiger charge is 2.36. The maximum absolute atomic E-state index is 15.1. The number of aromatic nitrogens is 2. The van der Waals surface area contributed by atoms with Gasteiger partial charge in [0, 0.05) is 37.3 Å². The van der Waals surface area contributed by atoms with E-state index in [0.717, 1.165) is 41.8 Å². The number of nitrogens with one attached hydrogen (secondary N) is 1. The summed E-state index contributed by atoms with van der Waals surface area (Å²) in [6.07, 6.45) is 1.73. The van der Waals surface area contributed by atoms with Crippen LogP contribution in [0.4, 0.5) is 23.4 Å². The predicted octanol–water partition coefficient (Wildman–Crippen LogP) is 3.03. The molecule has 0 bridgehead atoms. The van der Waals surface area contributed by atoms with Gasteiger partial charge in [0.15, 0.2) is 17.3 Å². The maximum Gasteiger partial charge on any atom is 0.341 e. The summed E-state index contributed by atoms with van der Waals surface area (Å²) >= 11 is 0. The Kier molecular flexibility index (Phi) is 5.51. The Hall–Kier alpha value is -3.47. The van der Waals surface area contributed by atoms with Crippen LogP contribution >= 0.6 is 0 Å². The number of hydrogen-bond acceptors (Lipinski definition) is 5. The summed E-state index contributed by atoms with van der Waals surface area (Å²) in [4.78, 5) is 29.9. The summed E-state index contributed by atoms with van der Waals surface area (Å²) in [6.45, 7) is 0.498. The topological polar surface area (TPSA) is 87.5 Å². The minimum absolute atomic E-state index is 0.116. The second-order valence-electron chi connectivity index (χ2n) is 8.67. The molecule has 1 aliphatic heterocycles.